The monoisotopic (exact) mass is 878 g/mol. The van der Waals surface area contributed by atoms with Crippen molar-refractivity contribution in [2.45, 2.75) is 38.4 Å². The van der Waals surface area contributed by atoms with Gasteiger partial charge in [0.2, 0.25) is 18.2 Å². The molecule has 0 saturated carbocycles. The molecule has 5 rings (SSSR count). The van der Waals surface area contributed by atoms with Gasteiger partial charge < -0.3 is 51.6 Å². The fourth-order valence-electron chi connectivity index (χ4n) is 6.42. The van der Waals surface area contributed by atoms with E-state index in [-0.39, 0.29) is 45.2 Å². The molecule has 330 valence electrons. The van der Waals surface area contributed by atoms with Gasteiger partial charge in [0.15, 0.2) is 0 Å². The maximum atomic E-state index is 13.5. The van der Waals surface area contributed by atoms with Crippen molar-refractivity contribution in [1.29, 1.82) is 0 Å². The number of benzene rings is 5. The Kier molecular flexibility index (Phi) is 17.0. The van der Waals surface area contributed by atoms with Gasteiger partial charge in [0.25, 0.3) is 5.91 Å². The zero-order chi connectivity index (χ0) is 45.5. The van der Waals surface area contributed by atoms with E-state index in [4.69, 9.17) is 37.3 Å². The highest BCUT2D eigenvalue weighted by atomic mass is 35.5. The largest absolute Gasteiger partial charge is 0.492 e. The predicted octanol–water partition coefficient (Wildman–Crippen LogP) is 5.34. The minimum atomic E-state index is -1.32. The molecular formula is C47H51ClN6O9. The van der Waals surface area contributed by atoms with Crippen molar-refractivity contribution in [1.82, 2.24) is 20.9 Å². The summed E-state index contributed by atoms with van der Waals surface area (Å²) < 4.78 is 17.9. The highest BCUT2D eigenvalue weighted by molar-refractivity contribution is 6.30. The molecule has 4 amide bonds. The van der Waals surface area contributed by atoms with E-state index in [0.717, 1.165) is 16.7 Å². The topological polar surface area (TPSA) is 225 Å². The second kappa shape index (κ2) is 22.8. The van der Waals surface area contributed by atoms with E-state index < -0.39 is 35.9 Å². The summed E-state index contributed by atoms with van der Waals surface area (Å²) in [5, 5.41) is 18.1. The lowest BCUT2D eigenvalue weighted by Crippen LogP contribution is -2.49. The zero-order valence-corrected chi connectivity index (χ0v) is 35.9. The van der Waals surface area contributed by atoms with Crippen LogP contribution in [0.25, 0.3) is 22.3 Å². The molecule has 0 heterocycles. The molecule has 0 aliphatic carbocycles. The zero-order valence-electron chi connectivity index (χ0n) is 35.1. The molecule has 0 saturated heterocycles. The quantitative estimate of drug-likeness (QED) is 0.0487. The maximum absolute atomic E-state index is 13.5. The van der Waals surface area contributed by atoms with Crippen molar-refractivity contribution >= 4 is 41.7 Å². The lowest BCUT2D eigenvalue weighted by atomic mass is 9.94. The number of rotatable bonds is 22. The first kappa shape index (κ1) is 47.1. The summed E-state index contributed by atoms with van der Waals surface area (Å²) in [6, 6.07) is 29.5. The number of ether oxygens (including phenoxy) is 3. The Hall–Kier alpha value is -6.94. The molecule has 3 atom stereocenters. The summed E-state index contributed by atoms with van der Waals surface area (Å²) in [4.78, 5) is 63.8. The summed E-state index contributed by atoms with van der Waals surface area (Å²) in [5.74, 6) is -0.461. The van der Waals surface area contributed by atoms with Gasteiger partial charge in [0, 0.05) is 48.3 Å². The fourth-order valence-corrected chi connectivity index (χ4v) is 6.55. The molecule has 5 aromatic rings. The van der Waals surface area contributed by atoms with Gasteiger partial charge >= 0.3 is 5.97 Å². The van der Waals surface area contributed by atoms with E-state index in [1.165, 1.54) is 11.8 Å². The van der Waals surface area contributed by atoms with Crippen LogP contribution in [0.4, 0.5) is 0 Å². The van der Waals surface area contributed by atoms with E-state index in [9.17, 15) is 29.1 Å². The lowest BCUT2D eigenvalue weighted by Gasteiger charge is -2.27. The van der Waals surface area contributed by atoms with Crippen LogP contribution < -0.4 is 41.6 Å². The van der Waals surface area contributed by atoms with Crippen LogP contribution in [0.5, 0.6) is 23.0 Å². The number of aliphatic carboxylic acids is 1. The van der Waals surface area contributed by atoms with E-state index in [0.29, 0.717) is 56.7 Å². The molecule has 0 aliphatic heterocycles. The van der Waals surface area contributed by atoms with Crippen molar-refractivity contribution in [2.24, 2.45) is 11.5 Å². The molecule has 16 heteroatoms. The molecule has 8 N–H and O–H groups in total. The van der Waals surface area contributed by atoms with Gasteiger partial charge in [-0.1, -0.05) is 48.0 Å². The average molecular weight is 879 g/mol. The lowest BCUT2D eigenvalue weighted by molar-refractivity contribution is -0.142. The highest BCUT2D eigenvalue weighted by Crippen LogP contribution is 2.40. The number of nitrogens with zero attached hydrogens (tertiary/aromatic N) is 1. The van der Waals surface area contributed by atoms with Gasteiger partial charge in [-0.25, -0.2) is 4.79 Å². The van der Waals surface area contributed by atoms with E-state index >= 15 is 0 Å². The predicted molar refractivity (Wildman–Crippen MR) is 240 cm³/mol. The molecule has 0 aliphatic rings. The Morgan fingerprint density at radius 2 is 1.33 bits per heavy atom. The van der Waals surface area contributed by atoms with Crippen LogP contribution in [0.3, 0.4) is 0 Å². The van der Waals surface area contributed by atoms with Gasteiger partial charge in [-0.2, -0.15) is 0 Å². The first-order chi connectivity index (χ1) is 30.3. The Labute approximate surface area is 370 Å². The van der Waals surface area contributed by atoms with E-state index in [2.05, 4.69) is 16.0 Å². The molecule has 0 bridgehead atoms. The molecule has 63 heavy (non-hydrogen) atoms. The Morgan fingerprint density at radius 3 is 1.90 bits per heavy atom. The van der Waals surface area contributed by atoms with Crippen LogP contribution in [-0.2, 0) is 25.6 Å². The number of hydrogen-bond donors (Lipinski definition) is 6. The van der Waals surface area contributed by atoms with Crippen LogP contribution in [0.15, 0.2) is 109 Å². The SMILES string of the molecule is CC(c1ccc(OCCN)c(-c2cc(CC(NC(=O)[C@H](C)NC=O)C(=O)O)ccc2OCCN)c1)N(C)C(=O)CNC(=O)c1ccc(-c2ccc(Oc3ccc(Cl)cc3)cc2)cc1. The number of nitrogens with one attached hydrogen (secondary N) is 3. The normalized spacial score (nSPS) is 12.2. The van der Waals surface area contributed by atoms with Crippen molar-refractivity contribution in [3.05, 3.63) is 131 Å². The molecular weight excluding hydrogens is 828 g/mol. The number of nitrogens with two attached hydrogens (primary N) is 2. The van der Waals surface area contributed by atoms with Crippen molar-refractivity contribution in [3.8, 4) is 45.3 Å². The summed E-state index contributed by atoms with van der Waals surface area (Å²) in [6.07, 6.45) is 0.263. The van der Waals surface area contributed by atoms with Gasteiger partial charge in [-0.15, -0.1) is 0 Å². The smallest absolute Gasteiger partial charge is 0.326 e. The Bertz CT molecular complexity index is 2360. The Balaban J connectivity index is 1.29. The minimum absolute atomic E-state index is 0.0999. The number of carbonyl (C=O) groups is 5. The molecule has 0 radical (unpaired) electrons. The van der Waals surface area contributed by atoms with Crippen LogP contribution in [-0.4, -0.2) is 92.1 Å². The number of carboxylic acid groups (broad SMARTS) is 1. The molecule has 2 unspecified atom stereocenters. The molecule has 5 aromatic carbocycles. The number of halogens is 1. The van der Waals surface area contributed by atoms with E-state index in [1.54, 1.807) is 67.7 Å². The molecule has 15 nitrogen and oxygen atoms in total. The number of amides is 4. The number of likely N-dealkylation sites (N-methyl/N-ethyl adjacent to an activating group) is 1. The second-order valence-electron chi connectivity index (χ2n) is 14.5. The van der Waals surface area contributed by atoms with Crippen LogP contribution in [0.2, 0.25) is 5.02 Å². The van der Waals surface area contributed by atoms with Crippen molar-refractivity contribution in [3.63, 3.8) is 0 Å². The highest BCUT2D eigenvalue weighted by Gasteiger charge is 2.25. The maximum Gasteiger partial charge on any atom is 0.326 e. The second-order valence-corrected chi connectivity index (χ2v) is 14.9. The Morgan fingerprint density at radius 1 is 0.778 bits per heavy atom. The standard InChI is InChI=1S/C47H51ClN6O9/c1-29(52-28-55)45(57)53-41(47(59)60)25-31-4-18-42(61-22-20-49)39(24-31)40-26-35(11-19-43(40)62-23-21-50)30(2)54(3)44(56)27-51-46(58)34-7-5-32(6-8-34)33-9-14-37(15-10-33)63-38-16-12-36(48)13-17-38/h4-19,24,26,28-30,41H,20-23,25,27,49-50H2,1-3H3,(H,51,58)(H,52,55)(H,53,57)(H,59,60)/t29-,30?,41?/m0/s1. The van der Waals surface area contributed by atoms with Crippen molar-refractivity contribution in [2.75, 3.05) is 39.9 Å². The van der Waals surface area contributed by atoms with Crippen LogP contribution in [0, 0.1) is 0 Å². The summed E-state index contributed by atoms with van der Waals surface area (Å²) in [6.45, 7) is 3.85. The van der Waals surface area contributed by atoms with Gasteiger partial charge in [0.1, 0.15) is 48.3 Å². The fraction of sp³-hybridized carbons (Fsp3) is 0.255. The summed E-state index contributed by atoms with van der Waals surface area (Å²) in [5.41, 5.74) is 16.1. The average Bonchev–Trinajstić information content (AvgIpc) is 3.29. The van der Waals surface area contributed by atoms with Gasteiger partial charge in [0.05, 0.1) is 12.6 Å². The summed E-state index contributed by atoms with van der Waals surface area (Å²) >= 11 is 5.96. The first-order valence-electron chi connectivity index (χ1n) is 20.1. The summed E-state index contributed by atoms with van der Waals surface area (Å²) in [7, 11) is 1.64. The van der Waals surface area contributed by atoms with E-state index in [1.807, 2.05) is 55.5 Å². The first-order valence-corrected chi connectivity index (χ1v) is 20.5. The van der Waals surface area contributed by atoms with Gasteiger partial charge in [-0.05, 0) is 109 Å². The molecule has 0 fully saturated rings. The molecule has 0 spiro atoms. The number of hydrogen-bond acceptors (Lipinski definition) is 10. The minimum Gasteiger partial charge on any atom is -0.492 e. The van der Waals surface area contributed by atoms with Crippen LogP contribution in [0.1, 0.15) is 41.4 Å². The third-order valence-electron chi connectivity index (χ3n) is 10.1. The number of carboxylic acids is 1. The van der Waals surface area contributed by atoms with Gasteiger partial charge in [-0.3, -0.25) is 19.2 Å². The number of carbonyl (C=O) groups excluding carboxylic acids is 4. The molecule has 0 aromatic heterocycles. The third-order valence-corrected chi connectivity index (χ3v) is 10.3. The third kappa shape index (κ3) is 13.0. The van der Waals surface area contributed by atoms with Crippen molar-refractivity contribution < 1.29 is 43.3 Å². The van der Waals surface area contributed by atoms with Crippen LogP contribution >= 0.6 is 11.6 Å².